The van der Waals surface area contributed by atoms with Crippen molar-refractivity contribution in [1.29, 1.82) is 0 Å². The third kappa shape index (κ3) is 2.84. The smallest absolute Gasteiger partial charge is 0.162 e. The van der Waals surface area contributed by atoms with E-state index in [0.717, 1.165) is 33.8 Å². The fraction of sp³-hybridized carbons (Fsp3) is 0.0476. The third-order valence-electron chi connectivity index (χ3n) is 3.95. The van der Waals surface area contributed by atoms with Crippen molar-refractivity contribution in [2.24, 2.45) is 0 Å². The minimum atomic E-state index is 0.726. The summed E-state index contributed by atoms with van der Waals surface area (Å²) < 4.78 is 0. The van der Waals surface area contributed by atoms with Crippen LogP contribution in [0.1, 0.15) is 5.56 Å². The Morgan fingerprint density at radius 3 is 2.21 bits per heavy atom. The van der Waals surface area contributed by atoms with E-state index in [9.17, 15) is 0 Å². The van der Waals surface area contributed by atoms with Crippen LogP contribution in [0.2, 0.25) is 0 Å². The minimum Gasteiger partial charge on any atom is -0.340 e. The molecule has 0 saturated carbocycles. The molecule has 0 aliphatic rings. The predicted octanol–water partition coefficient (Wildman–Crippen LogP) is 5.35. The molecular formula is C21H17N3. The maximum absolute atomic E-state index is 4.77. The molecule has 0 atom stereocenters. The average molecular weight is 311 g/mol. The van der Waals surface area contributed by atoms with E-state index in [1.807, 2.05) is 54.6 Å². The maximum Gasteiger partial charge on any atom is 0.162 e. The summed E-state index contributed by atoms with van der Waals surface area (Å²) >= 11 is 0. The number of rotatable bonds is 3. The number of aromatic nitrogens is 2. The van der Waals surface area contributed by atoms with Gasteiger partial charge in [-0.05, 0) is 31.2 Å². The van der Waals surface area contributed by atoms with Crippen molar-refractivity contribution < 1.29 is 0 Å². The lowest BCUT2D eigenvalue weighted by molar-refractivity contribution is 1.22. The molecule has 116 valence electrons. The summed E-state index contributed by atoms with van der Waals surface area (Å²) in [6, 6.07) is 26.4. The molecule has 4 rings (SSSR count). The summed E-state index contributed by atoms with van der Waals surface area (Å²) in [5.41, 5.74) is 4.19. The first-order valence-electron chi connectivity index (χ1n) is 7.95. The van der Waals surface area contributed by atoms with Crippen LogP contribution in [0.15, 0.2) is 78.9 Å². The topological polar surface area (TPSA) is 37.8 Å². The maximum atomic E-state index is 4.77. The molecule has 0 bridgehead atoms. The number of anilines is 2. The molecule has 3 heteroatoms. The van der Waals surface area contributed by atoms with Gasteiger partial charge in [-0.3, -0.25) is 0 Å². The van der Waals surface area contributed by atoms with Crippen molar-refractivity contribution in [1.82, 2.24) is 9.97 Å². The molecule has 0 radical (unpaired) electrons. The van der Waals surface area contributed by atoms with Crippen molar-refractivity contribution in [2.45, 2.75) is 6.92 Å². The summed E-state index contributed by atoms with van der Waals surface area (Å²) in [4.78, 5) is 9.48. The van der Waals surface area contributed by atoms with Gasteiger partial charge in [0, 0.05) is 16.6 Å². The Labute approximate surface area is 141 Å². The zero-order chi connectivity index (χ0) is 16.4. The molecule has 0 spiro atoms. The first-order chi connectivity index (χ1) is 11.8. The fourth-order valence-corrected chi connectivity index (χ4v) is 2.66. The van der Waals surface area contributed by atoms with E-state index in [1.165, 1.54) is 5.56 Å². The van der Waals surface area contributed by atoms with Gasteiger partial charge < -0.3 is 5.32 Å². The van der Waals surface area contributed by atoms with Gasteiger partial charge in [-0.1, -0.05) is 60.2 Å². The van der Waals surface area contributed by atoms with Gasteiger partial charge >= 0.3 is 0 Å². The van der Waals surface area contributed by atoms with Gasteiger partial charge in [-0.25, -0.2) is 9.97 Å². The lowest BCUT2D eigenvalue weighted by atomic mass is 10.1. The summed E-state index contributed by atoms with van der Waals surface area (Å²) in [6.07, 6.45) is 0. The molecular weight excluding hydrogens is 294 g/mol. The summed E-state index contributed by atoms with van der Waals surface area (Å²) in [5, 5.41) is 4.44. The predicted molar refractivity (Wildman–Crippen MR) is 99.4 cm³/mol. The molecule has 24 heavy (non-hydrogen) atoms. The van der Waals surface area contributed by atoms with Crippen LogP contribution in [0.4, 0.5) is 11.5 Å². The number of hydrogen-bond donors (Lipinski definition) is 1. The molecule has 4 aromatic rings. The summed E-state index contributed by atoms with van der Waals surface area (Å²) in [5.74, 6) is 1.55. The Morgan fingerprint density at radius 2 is 1.42 bits per heavy atom. The Bertz CT molecular complexity index is 977. The van der Waals surface area contributed by atoms with E-state index in [4.69, 9.17) is 9.97 Å². The molecule has 0 fully saturated rings. The normalized spacial score (nSPS) is 10.7. The monoisotopic (exact) mass is 311 g/mol. The van der Waals surface area contributed by atoms with Crippen LogP contribution >= 0.6 is 0 Å². The van der Waals surface area contributed by atoms with Crippen molar-refractivity contribution in [2.75, 3.05) is 5.32 Å². The third-order valence-corrected chi connectivity index (χ3v) is 3.95. The van der Waals surface area contributed by atoms with Gasteiger partial charge in [0.05, 0.1) is 5.52 Å². The van der Waals surface area contributed by atoms with Crippen LogP contribution in [0.5, 0.6) is 0 Å². The number of fused-ring (bicyclic) bond motifs is 1. The zero-order valence-electron chi connectivity index (χ0n) is 13.4. The number of nitrogens with one attached hydrogen (secondary N) is 1. The van der Waals surface area contributed by atoms with Crippen LogP contribution in [-0.4, -0.2) is 9.97 Å². The van der Waals surface area contributed by atoms with E-state index in [2.05, 4.69) is 36.5 Å². The van der Waals surface area contributed by atoms with Gasteiger partial charge in [-0.2, -0.15) is 0 Å². The van der Waals surface area contributed by atoms with Gasteiger partial charge in [0.25, 0.3) is 0 Å². The standard InChI is InChI=1S/C21H17N3/c1-15-11-13-17(14-12-15)22-21-18-9-5-6-10-19(18)23-20(24-21)16-7-3-2-4-8-16/h2-14H,1H3,(H,22,23,24). The second-order valence-electron chi connectivity index (χ2n) is 5.77. The van der Waals surface area contributed by atoms with Crippen molar-refractivity contribution in [3.63, 3.8) is 0 Å². The van der Waals surface area contributed by atoms with Gasteiger partial charge in [0.15, 0.2) is 5.82 Å². The number of hydrogen-bond acceptors (Lipinski definition) is 3. The molecule has 3 nitrogen and oxygen atoms in total. The Morgan fingerprint density at radius 1 is 0.708 bits per heavy atom. The zero-order valence-corrected chi connectivity index (χ0v) is 13.4. The number of para-hydroxylation sites is 1. The van der Waals surface area contributed by atoms with E-state index in [0.29, 0.717) is 0 Å². The second kappa shape index (κ2) is 6.13. The molecule has 1 N–H and O–H groups in total. The van der Waals surface area contributed by atoms with E-state index < -0.39 is 0 Å². The Hall–Kier alpha value is -3.20. The molecule has 0 aliphatic carbocycles. The minimum absolute atomic E-state index is 0.726. The lowest BCUT2D eigenvalue weighted by Gasteiger charge is -2.11. The van der Waals surface area contributed by atoms with Gasteiger partial charge in [-0.15, -0.1) is 0 Å². The molecule has 0 aliphatic heterocycles. The van der Waals surface area contributed by atoms with E-state index in [1.54, 1.807) is 0 Å². The van der Waals surface area contributed by atoms with Crippen LogP contribution in [0, 0.1) is 6.92 Å². The highest BCUT2D eigenvalue weighted by atomic mass is 15.0. The number of benzene rings is 3. The molecule has 0 unspecified atom stereocenters. The summed E-state index contributed by atoms with van der Waals surface area (Å²) in [7, 11) is 0. The Balaban J connectivity index is 1.85. The highest BCUT2D eigenvalue weighted by Gasteiger charge is 2.09. The van der Waals surface area contributed by atoms with E-state index >= 15 is 0 Å². The van der Waals surface area contributed by atoms with Gasteiger partial charge in [0.1, 0.15) is 5.82 Å². The first-order valence-corrected chi connectivity index (χ1v) is 7.95. The largest absolute Gasteiger partial charge is 0.340 e. The lowest BCUT2D eigenvalue weighted by Crippen LogP contribution is -1.99. The van der Waals surface area contributed by atoms with Crippen LogP contribution in [0.3, 0.4) is 0 Å². The quantitative estimate of drug-likeness (QED) is 0.554. The molecule has 0 amide bonds. The van der Waals surface area contributed by atoms with Crippen LogP contribution < -0.4 is 5.32 Å². The van der Waals surface area contributed by atoms with Crippen LogP contribution in [-0.2, 0) is 0 Å². The van der Waals surface area contributed by atoms with E-state index in [-0.39, 0.29) is 0 Å². The summed E-state index contributed by atoms with van der Waals surface area (Å²) in [6.45, 7) is 2.08. The van der Waals surface area contributed by atoms with Crippen molar-refractivity contribution >= 4 is 22.4 Å². The van der Waals surface area contributed by atoms with Gasteiger partial charge in [0.2, 0.25) is 0 Å². The molecule has 1 aromatic heterocycles. The number of nitrogens with zero attached hydrogens (tertiary/aromatic N) is 2. The highest BCUT2D eigenvalue weighted by molar-refractivity contribution is 5.92. The van der Waals surface area contributed by atoms with Crippen molar-refractivity contribution in [3.8, 4) is 11.4 Å². The average Bonchev–Trinajstić information content (AvgIpc) is 2.64. The first kappa shape index (κ1) is 14.4. The molecule has 1 heterocycles. The SMILES string of the molecule is Cc1ccc(Nc2nc(-c3ccccc3)nc3ccccc23)cc1. The highest BCUT2D eigenvalue weighted by Crippen LogP contribution is 2.27. The fourth-order valence-electron chi connectivity index (χ4n) is 2.66. The second-order valence-corrected chi connectivity index (χ2v) is 5.77. The Kier molecular flexibility index (Phi) is 3.67. The molecule has 0 saturated heterocycles. The number of aryl methyl sites for hydroxylation is 1. The van der Waals surface area contributed by atoms with Crippen LogP contribution in [0.25, 0.3) is 22.3 Å². The van der Waals surface area contributed by atoms with Crippen molar-refractivity contribution in [3.05, 3.63) is 84.4 Å². The molecule has 3 aromatic carbocycles.